The fraction of sp³-hybridized carbons (Fsp3) is 0.379. The van der Waals surface area contributed by atoms with Crippen LogP contribution >= 0.6 is 11.5 Å². The standard InChI is InChI=1S/C29H35N5O4S/c1-3-18-10-14-21(15-11-18)34(29(37)26-23(30)24(27(31)35)33-39-26)25(19-12-16-22(17-13-19)38-4-2)28(36)32-20-8-6-5-7-9-20/h10-17,20,25H,3-9,30H2,1-2H3,(H2,31,35)(H,32,36)/t25-/m1/s1. The molecule has 5 N–H and O–H groups in total. The van der Waals surface area contributed by atoms with E-state index in [0.29, 0.717) is 23.6 Å². The van der Waals surface area contributed by atoms with Crippen molar-refractivity contribution in [3.8, 4) is 5.75 Å². The molecule has 0 unspecified atom stereocenters. The number of aryl methyl sites for hydroxylation is 1. The molecule has 0 spiro atoms. The van der Waals surface area contributed by atoms with Crippen molar-refractivity contribution in [1.29, 1.82) is 0 Å². The van der Waals surface area contributed by atoms with Gasteiger partial charge in [0.2, 0.25) is 5.91 Å². The molecule has 1 fully saturated rings. The first-order valence-corrected chi connectivity index (χ1v) is 14.1. The second-order valence-electron chi connectivity index (χ2n) is 9.58. The summed E-state index contributed by atoms with van der Waals surface area (Å²) in [7, 11) is 0. The zero-order chi connectivity index (χ0) is 27.9. The van der Waals surface area contributed by atoms with E-state index in [4.69, 9.17) is 16.2 Å². The van der Waals surface area contributed by atoms with Gasteiger partial charge in [0.15, 0.2) is 5.69 Å². The fourth-order valence-electron chi connectivity index (χ4n) is 4.87. The number of nitrogens with two attached hydrogens (primary N) is 2. The van der Waals surface area contributed by atoms with E-state index in [1.807, 2.05) is 38.1 Å². The zero-order valence-corrected chi connectivity index (χ0v) is 23.1. The van der Waals surface area contributed by atoms with Crippen LogP contribution < -0.4 is 26.4 Å². The maximum atomic E-state index is 14.2. The molecule has 39 heavy (non-hydrogen) atoms. The van der Waals surface area contributed by atoms with Gasteiger partial charge in [-0.3, -0.25) is 19.3 Å². The lowest BCUT2D eigenvalue weighted by Gasteiger charge is -2.33. The number of hydrogen-bond donors (Lipinski definition) is 3. The molecular weight excluding hydrogens is 514 g/mol. The minimum atomic E-state index is -1.01. The van der Waals surface area contributed by atoms with E-state index < -0.39 is 17.9 Å². The van der Waals surface area contributed by atoms with E-state index in [9.17, 15) is 14.4 Å². The molecule has 1 heterocycles. The Morgan fingerprint density at radius 3 is 2.28 bits per heavy atom. The number of benzene rings is 2. The van der Waals surface area contributed by atoms with Gasteiger partial charge in [0.05, 0.1) is 12.3 Å². The van der Waals surface area contributed by atoms with Crippen molar-refractivity contribution < 1.29 is 19.1 Å². The predicted molar refractivity (Wildman–Crippen MR) is 153 cm³/mol. The highest BCUT2D eigenvalue weighted by atomic mass is 32.1. The van der Waals surface area contributed by atoms with Gasteiger partial charge in [-0.2, -0.15) is 4.37 Å². The van der Waals surface area contributed by atoms with Gasteiger partial charge in [-0.05, 0) is 73.1 Å². The number of rotatable bonds is 10. The number of carbonyl (C=O) groups excluding carboxylic acids is 3. The topological polar surface area (TPSA) is 141 Å². The van der Waals surface area contributed by atoms with E-state index in [2.05, 4.69) is 9.69 Å². The van der Waals surface area contributed by atoms with Crippen LogP contribution in [0.15, 0.2) is 48.5 Å². The molecule has 10 heteroatoms. The lowest BCUT2D eigenvalue weighted by molar-refractivity contribution is -0.123. The van der Waals surface area contributed by atoms with E-state index in [1.54, 1.807) is 24.3 Å². The summed E-state index contributed by atoms with van der Waals surface area (Å²) in [6.07, 6.45) is 5.86. The van der Waals surface area contributed by atoms with Crippen LogP contribution in [0.2, 0.25) is 0 Å². The number of nitrogens with zero attached hydrogens (tertiary/aromatic N) is 2. The summed E-state index contributed by atoms with van der Waals surface area (Å²) in [5.41, 5.74) is 13.5. The zero-order valence-electron chi connectivity index (χ0n) is 22.3. The molecule has 1 saturated carbocycles. The monoisotopic (exact) mass is 549 g/mol. The number of carbonyl (C=O) groups is 3. The van der Waals surface area contributed by atoms with Crippen molar-refractivity contribution in [2.45, 2.75) is 64.5 Å². The quantitative estimate of drug-likeness (QED) is 0.337. The van der Waals surface area contributed by atoms with Crippen LogP contribution in [0.25, 0.3) is 0 Å². The molecule has 0 saturated heterocycles. The van der Waals surface area contributed by atoms with Crippen molar-refractivity contribution in [3.05, 3.63) is 70.2 Å². The van der Waals surface area contributed by atoms with Crippen molar-refractivity contribution >= 4 is 40.6 Å². The number of aromatic nitrogens is 1. The molecule has 1 aliphatic carbocycles. The predicted octanol–water partition coefficient (Wildman–Crippen LogP) is 4.62. The second-order valence-corrected chi connectivity index (χ2v) is 10.4. The maximum absolute atomic E-state index is 14.2. The average Bonchev–Trinajstić information content (AvgIpc) is 3.34. The normalized spacial score (nSPS) is 14.4. The lowest BCUT2D eigenvalue weighted by Crippen LogP contribution is -2.47. The highest BCUT2D eigenvalue weighted by molar-refractivity contribution is 7.09. The third kappa shape index (κ3) is 6.39. The lowest BCUT2D eigenvalue weighted by atomic mass is 9.94. The molecule has 1 atom stereocenters. The van der Waals surface area contributed by atoms with E-state index in [-0.39, 0.29) is 28.2 Å². The number of nitrogen functional groups attached to an aromatic ring is 1. The molecule has 9 nitrogen and oxygen atoms in total. The minimum Gasteiger partial charge on any atom is -0.494 e. The highest BCUT2D eigenvalue weighted by Crippen LogP contribution is 2.34. The van der Waals surface area contributed by atoms with Gasteiger partial charge in [-0.15, -0.1) is 0 Å². The first kappa shape index (κ1) is 28.1. The van der Waals surface area contributed by atoms with Crippen LogP contribution in [0.3, 0.4) is 0 Å². The Morgan fingerprint density at radius 2 is 1.72 bits per heavy atom. The van der Waals surface area contributed by atoms with Crippen molar-refractivity contribution in [3.63, 3.8) is 0 Å². The summed E-state index contributed by atoms with van der Waals surface area (Å²) in [5.74, 6) is -0.993. The van der Waals surface area contributed by atoms with Crippen LogP contribution in [0.5, 0.6) is 5.75 Å². The molecule has 1 aromatic heterocycles. The van der Waals surface area contributed by atoms with Gasteiger partial charge in [0.25, 0.3) is 11.8 Å². The maximum Gasteiger partial charge on any atom is 0.273 e. The summed E-state index contributed by atoms with van der Waals surface area (Å²) in [4.78, 5) is 41.5. The largest absolute Gasteiger partial charge is 0.494 e. The van der Waals surface area contributed by atoms with Crippen molar-refractivity contribution in [1.82, 2.24) is 9.69 Å². The summed E-state index contributed by atoms with van der Waals surface area (Å²) in [6.45, 7) is 4.45. The summed E-state index contributed by atoms with van der Waals surface area (Å²) >= 11 is 0.794. The summed E-state index contributed by atoms with van der Waals surface area (Å²) in [6, 6.07) is 13.7. The number of hydrogen-bond acceptors (Lipinski definition) is 7. The van der Waals surface area contributed by atoms with Crippen LogP contribution in [-0.4, -0.2) is 34.7 Å². The molecule has 1 aliphatic rings. The van der Waals surface area contributed by atoms with Gasteiger partial charge in [-0.25, -0.2) is 0 Å². The Morgan fingerprint density at radius 1 is 1.05 bits per heavy atom. The Bertz CT molecular complexity index is 1300. The minimum absolute atomic E-state index is 0.0332. The van der Waals surface area contributed by atoms with Gasteiger partial charge >= 0.3 is 0 Å². The molecule has 3 amide bonds. The summed E-state index contributed by atoms with van der Waals surface area (Å²) in [5, 5.41) is 3.19. The molecule has 2 aromatic carbocycles. The Balaban J connectivity index is 1.83. The van der Waals surface area contributed by atoms with Gasteiger partial charge < -0.3 is 21.5 Å². The first-order chi connectivity index (χ1) is 18.8. The molecule has 206 valence electrons. The number of primary amides is 1. The van der Waals surface area contributed by atoms with Gasteiger partial charge in [0, 0.05) is 11.7 Å². The molecular formula is C29H35N5O4S. The van der Waals surface area contributed by atoms with Crippen LogP contribution in [0, 0.1) is 0 Å². The third-order valence-electron chi connectivity index (χ3n) is 6.96. The van der Waals surface area contributed by atoms with Crippen molar-refractivity contribution in [2.24, 2.45) is 5.73 Å². The molecule has 0 aliphatic heterocycles. The Labute approximate surface area is 232 Å². The third-order valence-corrected chi connectivity index (χ3v) is 7.81. The van der Waals surface area contributed by atoms with E-state index in [1.165, 1.54) is 4.90 Å². The summed E-state index contributed by atoms with van der Waals surface area (Å²) < 4.78 is 9.62. The molecule has 4 rings (SSSR count). The van der Waals surface area contributed by atoms with Crippen LogP contribution in [0.1, 0.15) is 83.3 Å². The second kappa shape index (κ2) is 12.8. The van der Waals surface area contributed by atoms with Crippen molar-refractivity contribution in [2.75, 3.05) is 17.2 Å². The number of amides is 3. The van der Waals surface area contributed by atoms with E-state index >= 15 is 0 Å². The number of nitrogens with one attached hydrogen (secondary N) is 1. The Hall–Kier alpha value is -3.92. The van der Waals surface area contributed by atoms with Crippen LogP contribution in [0.4, 0.5) is 11.4 Å². The highest BCUT2D eigenvalue weighted by Gasteiger charge is 2.37. The molecule has 3 aromatic rings. The average molecular weight is 550 g/mol. The fourth-order valence-corrected chi connectivity index (χ4v) is 5.61. The Kier molecular flexibility index (Phi) is 9.19. The van der Waals surface area contributed by atoms with Gasteiger partial charge in [0.1, 0.15) is 16.7 Å². The number of ether oxygens (including phenoxy) is 1. The van der Waals surface area contributed by atoms with Crippen LogP contribution in [-0.2, 0) is 11.2 Å². The smallest absolute Gasteiger partial charge is 0.273 e. The number of anilines is 2. The van der Waals surface area contributed by atoms with Gasteiger partial charge in [-0.1, -0.05) is 50.5 Å². The molecule has 0 bridgehead atoms. The molecule has 0 radical (unpaired) electrons. The SMILES string of the molecule is CCOc1ccc([C@H](C(=O)NC2CCCCC2)N(C(=O)c2snc(C(N)=O)c2N)c2ccc(CC)cc2)cc1. The van der Waals surface area contributed by atoms with E-state index in [0.717, 1.165) is 55.6 Å². The first-order valence-electron chi connectivity index (χ1n) is 13.3.